The number of rotatable bonds is 20. The molecule has 0 heterocycles. The van der Waals surface area contributed by atoms with E-state index < -0.39 is 7.60 Å². The molecule has 0 N–H and O–H groups in total. The SMILES string of the molecule is CCCCCCCCCCCCC(CCP(=O)(OCC)OCC)C(=O)OCC. The summed E-state index contributed by atoms with van der Waals surface area (Å²) >= 11 is 0. The number of carbonyl (C=O) groups excluding carboxylic acids is 1. The molecular formula is C22H45O5P. The zero-order valence-corrected chi connectivity index (χ0v) is 19.8. The van der Waals surface area contributed by atoms with Gasteiger partial charge in [0.25, 0.3) is 0 Å². The van der Waals surface area contributed by atoms with E-state index in [1.807, 2.05) is 6.92 Å². The van der Waals surface area contributed by atoms with Gasteiger partial charge in [-0.15, -0.1) is 0 Å². The number of esters is 1. The van der Waals surface area contributed by atoms with Crippen LogP contribution in [-0.2, 0) is 23.1 Å². The fraction of sp³-hybridized carbons (Fsp3) is 0.955. The molecule has 0 bridgehead atoms. The van der Waals surface area contributed by atoms with Crippen LogP contribution >= 0.6 is 7.60 Å². The van der Waals surface area contributed by atoms with Gasteiger partial charge >= 0.3 is 13.6 Å². The van der Waals surface area contributed by atoms with E-state index in [1.165, 1.54) is 51.4 Å². The highest BCUT2D eigenvalue weighted by Crippen LogP contribution is 2.49. The van der Waals surface area contributed by atoms with Crippen molar-refractivity contribution in [1.82, 2.24) is 0 Å². The molecule has 28 heavy (non-hydrogen) atoms. The Bertz CT molecular complexity index is 404. The predicted octanol–water partition coefficient (Wildman–Crippen LogP) is 7.13. The number of ether oxygens (including phenoxy) is 1. The largest absolute Gasteiger partial charge is 0.466 e. The van der Waals surface area contributed by atoms with Crippen molar-refractivity contribution in [2.75, 3.05) is 26.0 Å². The smallest absolute Gasteiger partial charge is 0.330 e. The van der Waals surface area contributed by atoms with E-state index in [0.29, 0.717) is 26.2 Å². The molecule has 0 aliphatic heterocycles. The van der Waals surface area contributed by atoms with Crippen molar-refractivity contribution in [3.8, 4) is 0 Å². The molecule has 0 amide bonds. The summed E-state index contributed by atoms with van der Waals surface area (Å²) in [5.74, 6) is -0.402. The Hall–Kier alpha value is -0.380. The minimum atomic E-state index is -3.11. The molecule has 168 valence electrons. The first-order valence-electron chi connectivity index (χ1n) is 11.6. The van der Waals surface area contributed by atoms with Crippen LogP contribution in [0.4, 0.5) is 0 Å². The molecule has 0 aromatic carbocycles. The fourth-order valence-electron chi connectivity index (χ4n) is 3.39. The first kappa shape index (κ1) is 27.6. The second-order valence-electron chi connectivity index (χ2n) is 7.38. The highest BCUT2D eigenvalue weighted by molar-refractivity contribution is 7.53. The Kier molecular flexibility index (Phi) is 18.4. The molecule has 0 saturated carbocycles. The summed E-state index contributed by atoms with van der Waals surface area (Å²) < 4.78 is 28.6. The molecule has 1 unspecified atom stereocenters. The van der Waals surface area contributed by atoms with Crippen molar-refractivity contribution in [3.63, 3.8) is 0 Å². The third-order valence-electron chi connectivity index (χ3n) is 4.93. The maximum atomic E-state index is 12.6. The molecule has 0 aliphatic carbocycles. The van der Waals surface area contributed by atoms with E-state index in [1.54, 1.807) is 13.8 Å². The normalized spacial score (nSPS) is 12.9. The van der Waals surface area contributed by atoms with Gasteiger partial charge in [-0.2, -0.15) is 0 Å². The van der Waals surface area contributed by atoms with Crippen molar-refractivity contribution in [2.45, 2.75) is 105 Å². The van der Waals surface area contributed by atoms with E-state index in [4.69, 9.17) is 13.8 Å². The fourth-order valence-corrected chi connectivity index (χ4v) is 5.14. The van der Waals surface area contributed by atoms with Gasteiger partial charge in [0.1, 0.15) is 0 Å². The van der Waals surface area contributed by atoms with Crippen LogP contribution in [0, 0.1) is 5.92 Å². The van der Waals surface area contributed by atoms with Crippen molar-refractivity contribution in [2.24, 2.45) is 5.92 Å². The number of unbranched alkanes of at least 4 members (excludes halogenated alkanes) is 9. The summed E-state index contributed by atoms with van der Waals surface area (Å²) in [4.78, 5) is 12.3. The van der Waals surface area contributed by atoms with E-state index in [2.05, 4.69) is 6.92 Å². The predicted molar refractivity (Wildman–Crippen MR) is 117 cm³/mol. The Labute approximate surface area is 173 Å². The van der Waals surface area contributed by atoms with Gasteiger partial charge in [-0.3, -0.25) is 9.36 Å². The van der Waals surface area contributed by atoms with Crippen molar-refractivity contribution < 1.29 is 23.1 Å². The van der Waals surface area contributed by atoms with Crippen LogP contribution < -0.4 is 0 Å². The van der Waals surface area contributed by atoms with Gasteiger partial charge in [-0.25, -0.2) is 0 Å². The van der Waals surface area contributed by atoms with E-state index in [-0.39, 0.29) is 18.0 Å². The highest BCUT2D eigenvalue weighted by atomic mass is 31.2. The van der Waals surface area contributed by atoms with Gasteiger partial charge in [0.05, 0.1) is 31.9 Å². The summed E-state index contributed by atoms with van der Waals surface area (Å²) in [6.07, 6.45) is 14.2. The van der Waals surface area contributed by atoms with Crippen molar-refractivity contribution in [1.29, 1.82) is 0 Å². The summed E-state index contributed by atoms with van der Waals surface area (Å²) in [6.45, 7) is 8.74. The van der Waals surface area contributed by atoms with E-state index in [9.17, 15) is 9.36 Å². The molecule has 0 saturated heterocycles. The average molecular weight is 421 g/mol. The second-order valence-corrected chi connectivity index (χ2v) is 9.56. The van der Waals surface area contributed by atoms with Gasteiger partial charge in [-0.05, 0) is 33.6 Å². The number of hydrogen-bond acceptors (Lipinski definition) is 5. The van der Waals surface area contributed by atoms with Gasteiger partial charge in [0.15, 0.2) is 0 Å². The Morgan fingerprint density at radius 2 is 1.21 bits per heavy atom. The molecule has 0 aromatic heterocycles. The number of carbonyl (C=O) groups is 1. The highest BCUT2D eigenvalue weighted by Gasteiger charge is 2.28. The average Bonchev–Trinajstić information content (AvgIpc) is 2.66. The maximum absolute atomic E-state index is 12.6. The summed E-state index contributed by atoms with van der Waals surface area (Å²) in [5.41, 5.74) is 0. The molecule has 0 rings (SSSR count). The van der Waals surface area contributed by atoms with Gasteiger partial charge in [0.2, 0.25) is 0 Å². The Morgan fingerprint density at radius 3 is 1.68 bits per heavy atom. The van der Waals surface area contributed by atoms with Crippen LogP contribution in [0.2, 0.25) is 0 Å². The van der Waals surface area contributed by atoms with Crippen LogP contribution in [-0.4, -0.2) is 32.0 Å². The van der Waals surface area contributed by atoms with E-state index >= 15 is 0 Å². The third-order valence-corrected chi connectivity index (χ3v) is 7.04. The molecule has 6 heteroatoms. The van der Waals surface area contributed by atoms with Crippen LogP contribution in [0.1, 0.15) is 105 Å². The lowest BCUT2D eigenvalue weighted by Crippen LogP contribution is -2.19. The topological polar surface area (TPSA) is 61.8 Å². The standard InChI is InChI=1S/C22H45O5P/c1-5-9-10-11-12-13-14-15-16-17-18-21(22(23)25-6-2)19-20-28(24,26-7-3)27-8-4/h21H,5-20H2,1-4H3. The molecule has 5 nitrogen and oxygen atoms in total. The maximum Gasteiger partial charge on any atom is 0.330 e. The second kappa shape index (κ2) is 18.6. The van der Waals surface area contributed by atoms with Crippen LogP contribution in [0.5, 0.6) is 0 Å². The summed E-state index contributed by atoms with van der Waals surface area (Å²) in [5, 5.41) is 0. The minimum absolute atomic E-state index is 0.182. The molecule has 1 atom stereocenters. The van der Waals surface area contributed by atoms with E-state index in [0.717, 1.165) is 19.3 Å². The lowest BCUT2D eigenvalue weighted by Gasteiger charge is -2.20. The monoisotopic (exact) mass is 420 g/mol. The Balaban J connectivity index is 4.19. The first-order chi connectivity index (χ1) is 13.5. The van der Waals surface area contributed by atoms with Crippen molar-refractivity contribution in [3.05, 3.63) is 0 Å². The molecule has 0 aliphatic rings. The Morgan fingerprint density at radius 1 is 0.714 bits per heavy atom. The summed E-state index contributed by atoms with van der Waals surface area (Å²) in [6, 6.07) is 0. The quantitative estimate of drug-likeness (QED) is 0.119. The minimum Gasteiger partial charge on any atom is -0.466 e. The zero-order valence-electron chi connectivity index (χ0n) is 18.9. The lowest BCUT2D eigenvalue weighted by molar-refractivity contribution is -0.148. The molecule has 0 aromatic rings. The number of hydrogen-bond donors (Lipinski definition) is 0. The lowest BCUT2D eigenvalue weighted by atomic mass is 9.97. The summed E-state index contributed by atoms with van der Waals surface area (Å²) in [7, 11) is -3.11. The first-order valence-corrected chi connectivity index (χ1v) is 13.3. The molecular weight excluding hydrogens is 375 g/mol. The van der Waals surface area contributed by atoms with Gasteiger partial charge in [0, 0.05) is 0 Å². The van der Waals surface area contributed by atoms with Crippen LogP contribution in [0.3, 0.4) is 0 Å². The molecule has 0 spiro atoms. The van der Waals surface area contributed by atoms with Crippen LogP contribution in [0.25, 0.3) is 0 Å². The zero-order chi connectivity index (χ0) is 21.1. The van der Waals surface area contributed by atoms with Gasteiger partial charge < -0.3 is 13.8 Å². The third kappa shape index (κ3) is 14.6. The molecule has 0 fully saturated rings. The van der Waals surface area contributed by atoms with Crippen molar-refractivity contribution >= 4 is 13.6 Å². The van der Waals surface area contributed by atoms with Crippen LogP contribution in [0.15, 0.2) is 0 Å². The molecule has 0 radical (unpaired) electrons. The van der Waals surface area contributed by atoms with Gasteiger partial charge in [-0.1, -0.05) is 71.1 Å².